The van der Waals surface area contributed by atoms with E-state index in [1.54, 1.807) is 13.2 Å². The largest absolute Gasteiger partial charge is 0.493 e. The fourth-order valence-corrected chi connectivity index (χ4v) is 3.83. The van der Waals surface area contributed by atoms with Crippen molar-refractivity contribution in [3.8, 4) is 29.6 Å². The van der Waals surface area contributed by atoms with Crippen molar-refractivity contribution >= 4 is 11.7 Å². The first-order chi connectivity index (χ1) is 15.5. The number of terminal acetylenes is 1. The Kier molecular flexibility index (Phi) is 7.77. The summed E-state index contributed by atoms with van der Waals surface area (Å²) in [6.45, 7) is 4.50. The van der Waals surface area contributed by atoms with Crippen molar-refractivity contribution in [1.29, 1.82) is 0 Å². The van der Waals surface area contributed by atoms with Gasteiger partial charge in [0.15, 0.2) is 17.3 Å². The third-order valence-electron chi connectivity index (χ3n) is 5.48. The molecule has 0 spiro atoms. The summed E-state index contributed by atoms with van der Waals surface area (Å²) < 4.78 is 16.6. The van der Waals surface area contributed by atoms with E-state index in [4.69, 9.17) is 20.6 Å². The normalized spacial score (nSPS) is 16.6. The van der Waals surface area contributed by atoms with E-state index < -0.39 is 0 Å². The average Bonchev–Trinajstić information content (AvgIpc) is 3.59. The van der Waals surface area contributed by atoms with E-state index in [2.05, 4.69) is 11.2 Å². The Balaban J connectivity index is 1.80. The van der Waals surface area contributed by atoms with Gasteiger partial charge in [-0.3, -0.25) is 9.59 Å². The van der Waals surface area contributed by atoms with Crippen molar-refractivity contribution in [3.63, 3.8) is 0 Å². The van der Waals surface area contributed by atoms with Crippen LogP contribution in [0.1, 0.15) is 47.7 Å². The summed E-state index contributed by atoms with van der Waals surface area (Å²) in [6, 6.07) is 11.4. The highest BCUT2D eigenvalue weighted by molar-refractivity contribution is 6.02. The van der Waals surface area contributed by atoms with E-state index in [1.807, 2.05) is 37.3 Å². The molecule has 3 rings (SSSR count). The second-order valence-corrected chi connectivity index (χ2v) is 7.70. The van der Waals surface area contributed by atoms with Gasteiger partial charge in [-0.25, -0.2) is 0 Å². The number of Topliss-reactive ketones (excluding diaryl/α,β-unsaturated/α-hetero) is 1. The molecule has 1 saturated carbocycles. The van der Waals surface area contributed by atoms with Gasteiger partial charge >= 0.3 is 0 Å². The van der Waals surface area contributed by atoms with Gasteiger partial charge in [-0.15, -0.1) is 6.42 Å². The molecule has 0 heterocycles. The summed E-state index contributed by atoms with van der Waals surface area (Å²) in [5.74, 6) is 4.36. The first kappa shape index (κ1) is 23.2. The number of hydrogen-bond acceptors (Lipinski definition) is 5. The molecule has 0 radical (unpaired) electrons. The van der Waals surface area contributed by atoms with Crippen LogP contribution in [0.15, 0.2) is 36.4 Å². The highest BCUT2D eigenvalue weighted by Gasteiger charge is 2.44. The molecule has 1 N–H and O–H groups in total. The molecule has 6 nitrogen and oxygen atoms in total. The fraction of sp³-hybridized carbons (Fsp3) is 0.385. The molecule has 1 aliphatic rings. The van der Waals surface area contributed by atoms with E-state index in [-0.39, 0.29) is 30.1 Å². The Morgan fingerprint density at radius 1 is 1.16 bits per heavy atom. The number of carbonyl (C=O) groups excluding carboxylic acids is 2. The lowest BCUT2D eigenvalue weighted by Crippen LogP contribution is -2.23. The quantitative estimate of drug-likeness (QED) is 0.430. The lowest BCUT2D eigenvalue weighted by molar-refractivity contribution is -0.118. The van der Waals surface area contributed by atoms with Crippen LogP contribution >= 0.6 is 0 Å². The molecule has 32 heavy (non-hydrogen) atoms. The smallest absolute Gasteiger partial charge is 0.216 e. The standard InChI is InChI=1S/C26H29NO5/c1-5-13-32-20-9-7-18(8-10-20)21-15-23(21)26(29)22-16-25(31-6-2)24(30-4)14-19(22)11-12-27-17(3)28/h1,7-10,14,16,21,23H,6,11-13,15H2,2-4H3,(H,27,28)/t21-,23+/m0/s1. The van der Waals surface area contributed by atoms with Crippen LogP contribution in [0.25, 0.3) is 0 Å². The van der Waals surface area contributed by atoms with Crippen LogP contribution in [0.2, 0.25) is 0 Å². The maximum atomic E-state index is 13.4. The number of rotatable bonds is 11. The fourth-order valence-electron chi connectivity index (χ4n) is 3.83. The van der Waals surface area contributed by atoms with Crippen molar-refractivity contribution in [3.05, 3.63) is 53.1 Å². The molecule has 0 aromatic heterocycles. The van der Waals surface area contributed by atoms with Gasteiger partial charge in [-0.2, -0.15) is 0 Å². The van der Waals surface area contributed by atoms with E-state index in [0.29, 0.717) is 42.4 Å². The Morgan fingerprint density at radius 2 is 1.91 bits per heavy atom. The summed E-state index contributed by atoms with van der Waals surface area (Å²) in [4.78, 5) is 24.7. The molecule has 1 fully saturated rings. The number of nitrogens with one attached hydrogen (secondary N) is 1. The van der Waals surface area contributed by atoms with Crippen molar-refractivity contribution in [2.24, 2.45) is 5.92 Å². The zero-order valence-electron chi connectivity index (χ0n) is 18.8. The van der Waals surface area contributed by atoms with Gasteiger partial charge in [0.1, 0.15) is 12.4 Å². The summed E-state index contributed by atoms with van der Waals surface area (Å²) in [5.41, 5.74) is 2.57. The van der Waals surface area contributed by atoms with Crippen molar-refractivity contribution in [2.75, 3.05) is 26.9 Å². The minimum atomic E-state index is -0.104. The number of benzene rings is 2. The van der Waals surface area contributed by atoms with Gasteiger partial charge in [0.2, 0.25) is 5.91 Å². The maximum absolute atomic E-state index is 13.4. The molecular formula is C26H29NO5. The number of ketones is 1. The van der Waals surface area contributed by atoms with Crippen LogP contribution in [-0.2, 0) is 11.2 Å². The molecule has 1 aliphatic carbocycles. The number of ether oxygens (including phenoxy) is 3. The van der Waals surface area contributed by atoms with Gasteiger partial charge in [-0.05, 0) is 61.1 Å². The molecule has 168 valence electrons. The van der Waals surface area contributed by atoms with Crippen LogP contribution in [0.3, 0.4) is 0 Å². The molecule has 0 unspecified atom stereocenters. The Bertz CT molecular complexity index is 1010. The van der Waals surface area contributed by atoms with Crippen LogP contribution in [0.5, 0.6) is 17.2 Å². The number of hydrogen-bond donors (Lipinski definition) is 1. The molecule has 6 heteroatoms. The molecule has 0 saturated heterocycles. The van der Waals surface area contributed by atoms with Crippen LogP contribution in [-0.4, -0.2) is 38.6 Å². The topological polar surface area (TPSA) is 73.9 Å². The summed E-state index contributed by atoms with van der Waals surface area (Å²) in [6.07, 6.45) is 6.55. The Hall–Kier alpha value is -3.46. The summed E-state index contributed by atoms with van der Waals surface area (Å²) >= 11 is 0. The van der Waals surface area contributed by atoms with Crippen molar-refractivity contribution in [2.45, 2.75) is 32.6 Å². The van der Waals surface area contributed by atoms with Crippen LogP contribution in [0, 0.1) is 18.3 Å². The second-order valence-electron chi connectivity index (χ2n) is 7.70. The lowest BCUT2D eigenvalue weighted by atomic mass is 9.95. The number of amides is 1. The second kappa shape index (κ2) is 10.7. The summed E-state index contributed by atoms with van der Waals surface area (Å²) in [5, 5.41) is 2.79. The van der Waals surface area contributed by atoms with Gasteiger partial charge in [0.25, 0.3) is 0 Å². The van der Waals surface area contributed by atoms with Crippen molar-refractivity contribution in [1.82, 2.24) is 5.32 Å². The molecule has 2 atom stereocenters. The third-order valence-corrected chi connectivity index (χ3v) is 5.48. The average molecular weight is 436 g/mol. The predicted octanol–water partition coefficient (Wildman–Crippen LogP) is 3.77. The van der Waals surface area contributed by atoms with Gasteiger partial charge in [0.05, 0.1) is 13.7 Å². The SMILES string of the molecule is C#CCOc1ccc([C@@H]2C[C@H]2C(=O)c2cc(OCC)c(OC)cc2CCNC(C)=O)cc1. The van der Waals surface area contributed by atoms with E-state index in [1.165, 1.54) is 6.92 Å². The molecule has 0 aliphatic heterocycles. The highest BCUT2D eigenvalue weighted by Crippen LogP contribution is 2.50. The third kappa shape index (κ3) is 5.61. The van der Waals surface area contributed by atoms with E-state index >= 15 is 0 Å². The zero-order valence-corrected chi connectivity index (χ0v) is 18.8. The maximum Gasteiger partial charge on any atom is 0.216 e. The number of carbonyl (C=O) groups is 2. The molecule has 0 bridgehead atoms. The van der Waals surface area contributed by atoms with Gasteiger partial charge in [0, 0.05) is 24.9 Å². The van der Waals surface area contributed by atoms with Crippen LogP contribution in [0.4, 0.5) is 0 Å². The Morgan fingerprint density at radius 3 is 2.53 bits per heavy atom. The predicted molar refractivity (Wildman–Crippen MR) is 122 cm³/mol. The number of methoxy groups -OCH3 is 1. The summed E-state index contributed by atoms with van der Waals surface area (Å²) in [7, 11) is 1.57. The van der Waals surface area contributed by atoms with Crippen molar-refractivity contribution < 1.29 is 23.8 Å². The zero-order chi connectivity index (χ0) is 23.1. The minimum Gasteiger partial charge on any atom is -0.493 e. The van der Waals surface area contributed by atoms with Gasteiger partial charge < -0.3 is 19.5 Å². The van der Waals surface area contributed by atoms with E-state index in [9.17, 15) is 9.59 Å². The van der Waals surface area contributed by atoms with E-state index in [0.717, 1.165) is 17.5 Å². The minimum absolute atomic E-state index is 0.0871. The first-order valence-corrected chi connectivity index (χ1v) is 10.8. The lowest BCUT2D eigenvalue weighted by Gasteiger charge is -2.16. The highest BCUT2D eigenvalue weighted by atomic mass is 16.5. The molecule has 1 amide bonds. The molecule has 2 aromatic carbocycles. The Labute approximate surface area is 189 Å². The van der Waals surface area contributed by atoms with Gasteiger partial charge in [-0.1, -0.05) is 18.1 Å². The molecule has 2 aromatic rings. The molecular weight excluding hydrogens is 406 g/mol. The first-order valence-electron chi connectivity index (χ1n) is 10.8. The monoisotopic (exact) mass is 435 g/mol. The van der Waals surface area contributed by atoms with Crippen LogP contribution < -0.4 is 19.5 Å².